The Morgan fingerprint density at radius 1 is 1.12 bits per heavy atom. The lowest BCUT2D eigenvalue weighted by molar-refractivity contribution is 1.24. The highest BCUT2D eigenvalue weighted by Crippen LogP contribution is 2.27. The van der Waals surface area contributed by atoms with Crippen LogP contribution >= 0.6 is 0 Å². The van der Waals surface area contributed by atoms with Crippen molar-refractivity contribution in [1.29, 1.82) is 0 Å². The topological polar surface area (TPSA) is 66.7 Å². The van der Waals surface area contributed by atoms with E-state index in [1.54, 1.807) is 6.20 Å². The van der Waals surface area contributed by atoms with Gasteiger partial charge in [0.1, 0.15) is 0 Å². The van der Waals surface area contributed by atoms with Gasteiger partial charge in [-0.1, -0.05) is 18.2 Å². The summed E-state index contributed by atoms with van der Waals surface area (Å²) in [6.07, 6.45) is 1.75. The zero-order valence-electron chi connectivity index (χ0n) is 9.40. The summed E-state index contributed by atoms with van der Waals surface area (Å²) in [7, 11) is 0. The Morgan fingerprint density at radius 2 is 1.88 bits per heavy atom. The number of nitrogens with zero attached hydrogens (tertiary/aromatic N) is 1. The third-order valence-electron chi connectivity index (χ3n) is 2.56. The van der Waals surface area contributed by atoms with Crippen LogP contribution in [0.25, 0.3) is 21.8 Å². The van der Waals surface area contributed by atoms with Gasteiger partial charge in [0.15, 0.2) is 5.82 Å². The Labute approximate surface area is 99.1 Å². The second-order valence-corrected chi connectivity index (χ2v) is 3.40. The van der Waals surface area contributed by atoms with Gasteiger partial charge in [-0.05, 0) is 12.1 Å². The van der Waals surface area contributed by atoms with Crippen LogP contribution in [0.2, 0.25) is 0 Å². The second-order valence-electron chi connectivity index (χ2n) is 3.40. The van der Waals surface area contributed by atoms with E-state index in [-0.39, 0.29) is 0 Å². The van der Waals surface area contributed by atoms with Crippen molar-refractivity contribution in [3.63, 3.8) is 0 Å². The van der Waals surface area contributed by atoms with Crippen LogP contribution in [-0.4, -0.2) is 9.97 Å². The first-order valence-electron chi connectivity index (χ1n) is 5.22. The summed E-state index contributed by atoms with van der Waals surface area (Å²) in [6, 6.07) is 10.1. The Kier molecular flexibility index (Phi) is 3.07. The number of nitrogens with one attached hydrogen (secondary N) is 2. The average molecular weight is 226 g/mol. The minimum Gasteiger partial charge on any atom is -0.351 e. The van der Waals surface area contributed by atoms with E-state index in [1.165, 1.54) is 5.39 Å². The molecule has 0 bridgehead atoms. The highest BCUT2D eigenvalue weighted by molar-refractivity contribution is 6.10. The number of fused-ring (bicyclic) bond motifs is 3. The van der Waals surface area contributed by atoms with Gasteiger partial charge in [-0.2, -0.15) is 0 Å². The molecule has 17 heavy (non-hydrogen) atoms. The van der Waals surface area contributed by atoms with E-state index < -0.39 is 0 Å². The summed E-state index contributed by atoms with van der Waals surface area (Å²) in [5.74, 6) is 6.08. The van der Waals surface area contributed by atoms with Gasteiger partial charge in [0, 0.05) is 22.5 Å². The van der Waals surface area contributed by atoms with E-state index in [0.717, 1.165) is 16.4 Å². The van der Waals surface area contributed by atoms with E-state index in [0.29, 0.717) is 5.82 Å². The maximum atomic E-state index is 5.41. The van der Waals surface area contributed by atoms with Crippen molar-refractivity contribution < 1.29 is 0 Å². The van der Waals surface area contributed by atoms with Crippen LogP contribution < -0.4 is 11.3 Å². The number of nitrogen functional groups attached to an aromatic ring is 1. The van der Waals surface area contributed by atoms with Crippen molar-refractivity contribution in [2.45, 2.75) is 0 Å². The van der Waals surface area contributed by atoms with Crippen molar-refractivity contribution in [1.82, 2.24) is 9.97 Å². The number of hydrazine groups is 1. The fourth-order valence-corrected chi connectivity index (χ4v) is 1.88. The van der Waals surface area contributed by atoms with Crippen LogP contribution in [0, 0.1) is 0 Å². The molecule has 0 aliphatic heterocycles. The summed E-state index contributed by atoms with van der Waals surface area (Å²) in [5.41, 5.74) is 4.63. The van der Waals surface area contributed by atoms with Crippen molar-refractivity contribution >= 4 is 27.6 Å². The zero-order chi connectivity index (χ0) is 12.3. The molecule has 4 nitrogen and oxygen atoms in total. The van der Waals surface area contributed by atoms with Gasteiger partial charge < -0.3 is 10.4 Å². The van der Waals surface area contributed by atoms with Gasteiger partial charge in [0.25, 0.3) is 0 Å². The largest absolute Gasteiger partial charge is 0.351 e. The van der Waals surface area contributed by atoms with E-state index in [2.05, 4.69) is 34.6 Å². The molecule has 0 saturated heterocycles. The molecule has 86 valence electrons. The van der Waals surface area contributed by atoms with Crippen molar-refractivity contribution in [3.8, 4) is 0 Å². The molecule has 1 aromatic carbocycles. The van der Waals surface area contributed by atoms with Gasteiger partial charge in [-0.15, -0.1) is 13.2 Å². The molecule has 3 aromatic rings. The van der Waals surface area contributed by atoms with Crippen LogP contribution in [0.3, 0.4) is 0 Å². The maximum absolute atomic E-state index is 5.41. The number of hydrogen-bond acceptors (Lipinski definition) is 3. The molecule has 0 aliphatic rings. The van der Waals surface area contributed by atoms with Crippen molar-refractivity contribution in [2.24, 2.45) is 5.84 Å². The number of nitrogens with two attached hydrogens (primary N) is 1. The second kappa shape index (κ2) is 4.67. The number of anilines is 1. The van der Waals surface area contributed by atoms with Gasteiger partial charge >= 0.3 is 0 Å². The van der Waals surface area contributed by atoms with Crippen LogP contribution in [0.4, 0.5) is 5.82 Å². The fraction of sp³-hybridized carbons (Fsp3) is 0. The molecule has 0 spiro atoms. The minimum atomic E-state index is 0.670. The Bertz CT molecular complexity index is 642. The molecule has 0 fully saturated rings. The summed E-state index contributed by atoms with van der Waals surface area (Å²) in [5, 5.41) is 2.32. The molecule has 4 N–H and O–H groups in total. The molecule has 4 heteroatoms. The lowest BCUT2D eigenvalue weighted by Gasteiger charge is -1.98. The number of hydrogen-bond donors (Lipinski definition) is 3. The molecule has 0 amide bonds. The van der Waals surface area contributed by atoms with Crippen LogP contribution in [0.1, 0.15) is 0 Å². The Hall–Kier alpha value is -2.33. The first-order chi connectivity index (χ1) is 8.40. The number of aromatic amines is 1. The highest BCUT2D eigenvalue weighted by Gasteiger charge is 2.06. The molecule has 3 rings (SSSR count). The molecule has 2 heterocycles. The predicted octanol–water partition coefficient (Wildman–Crippen LogP) is 2.80. The van der Waals surface area contributed by atoms with Crippen molar-refractivity contribution in [3.05, 3.63) is 49.7 Å². The number of aromatic nitrogens is 2. The van der Waals surface area contributed by atoms with Crippen LogP contribution in [0.5, 0.6) is 0 Å². The van der Waals surface area contributed by atoms with E-state index in [1.807, 2.05) is 24.3 Å². The Balaban J connectivity index is 0.000000514. The van der Waals surface area contributed by atoms with Gasteiger partial charge in [0.2, 0.25) is 0 Å². The third-order valence-corrected chi connectivity index (χ3v) is 2.56. The number of para-hydroxylation sites is 1. The summed E-state index contributed by atoms with van der Waals surface area (Å²) >= 11 is 0. The quantitative estimate of drug-likeness (QED) is 0.339. The molecule has 0 aliphatic carbocycles. The fourth-order valence-electron chi connectivity index (χ4n) is 1.88. The number of rotatable bonds is 1. The highest BCUT2D eigenvalue weighted by atomic mass is 15.3. The van der Waals surface area contributed by atoms with Crippen LogP contribution in [0.15, 0.2) is 49.7 Å². The lowest BCUT2D eigenvalue weighted by Crippen LogP contribution is -2.08. The Morgan fingerprint density at radius 3 is 2.65 bits per heavy atom. The molecular formula is C13H14N4. The van der Waals surface area contributed by atoms with E-state index in [9.17, 15) is 0 Å². The van der Waals surface area contributed by atoms with Crippen molar-refractivity contribution in [2.75, 3.05) is 5.43 Å². The SMILES string of the molecule is C=C.NNc1nccc2c1[nH]c1ccccc12. The molecular weight excluding hydrogens is 212 g/mol. The average Bonchev–Trinajstić information content (AvgIpc) is 2.79. The van der Waals surface area contributed by atoms with E-state index in [4.69, 9.17) is 5.84 Å². The monoisotopic (exact) mass is 226 g/mol. The molecule has 2 aromatic heterocycles. The van der Waals surface area contributed by atoms with Crippen LogP contribution in [-0.2, 0) is 0 Å². The summed E-state index contributed by atoms with van der Waals surface area (Å²) in [6.45, 7) is 6.00. The van der Waals surface area contributed by atoms with E-state index >= 15 is 0 Å². The number of H-pyrrole nitrogens is 1. The first-order valence-corrected chi connectivity index (χ1v) is 5.22. The number of pyridine rings is 1. The smallest absolute Gasteiger partial charge is 0.164 e. The normalized spacial score (nSPS) is 9.94. The third kappa shape index (κ3) is 1.74. The predicted molar refractivity (Wildman–Crippen MR) is 72.7 cm³/mol. The minimum absolute atomic E-state index is 0.670. The molecule has 0 unspecified atom stereocenters. The molecule has 0 atom stereocenters. The maximum Gasteiger partial charge on any atom is 0.164 e. The molecule has 0 saturated carbocycles. The van der Waals surface area contributed by atoms with Gasteiger partial charge in [0.05, 0.1) is 5.52 Å². The van der Waals surface area contributed by atoms with Gasteiger partial charge in [-0.3, -0.25) is 0 Å². The number of benzene rings is 1. The van der Waals surface area contributed by atoms with Gasteiger partial charge in [-0.25, -0.2) is 10.8 Å². The first kappa shape index (κ1) is 11.2. The molecule has 0 radical (unpaired) electrons. The summed E-state index contributed by atoms with van der Waals surface area (Å²) in [4.78, 5) is 7.45. The zero-order valence-corrected chi connectivity index (χ0v) is 9.40. The summed E-state index contributed by atoms with van der Waals surface area (Å²) < 4.78 is 0. The lowest BCUT2D eigenvalue weighted by atomic mass is 10.2. The standard InChI is InChI=1S/C11H10N4.C2H4/c12-15-11-10-8(5-6-13-11)7-3-1-2-4-9(7)14-10;1-2/h1-6,14H,12H2,(H,13,15);1-2H2.